The molecule has 0 radical (unpaired) electrons. The maximum atomic E-state index is 3.83. The Hall–Kier alpha value is -1.30. The van der Waals surface area contributed by atoms with Gasteiger partial charge in [0, 0.05) is 19.1 Å². The van der Waals surface area contributed by atoms with E-state index in [1.807, 2.05) is 0 Å². The first-order valence-corrected chi connectivity index (χ1v) is 6.52. The van der Waals surface area contributed by atoms with Gasteiger partial charge < -0.3 is 0 Å². The first-order chi connectivity index (χ1) is 8.35. The standard InChI is InChI=1S/C16H21N/c1-3-8-16-15(4-2)11-12-17(16)13-14-9-6-5-7-10-14/h5-7,9-10,16H,2-3,8,11-13H2,1H3. The highest BCUT2D eigenvalue weighted by atomic mass is 15.2. The highest BCUT2D eigenvalue weighted by Crippen LogP contribution is 2.27. The summed E-state index contributed by atoms with van der Waals surface area (Å²) in [7, 11) is 0. The molecule has 90 valence electrons. The van der Waals surface area contributed by atoms with E-state index in [9.17, 15) is 0 Å². The van der Waals surface area contributed by atoms with Crippen LogP contribution in [0, 0.1) is 0 Å². The summed E-state index contributed by atoms with van der Waals surface area (Å²) in [5, 5.41) is 0. The van der Waals surface area contributed by atoms with Crippen LogP contribution in [0.25, 0.3) is 0 Å². The van der Waals surface area contributed by atoms with Crippen molar-refractivity contribution in [3.05, 3.63) is 53.8 Å². The maximum absolute atomic E-state index is 3.83. The van der Waals surface area contributed by atoms with Gasteiger partial charge >= 0.3 is 0 Å². The van der Waals surface area contributed by atoms with Crippen LogP contribution in [0.4, 0.5) is 0 Å². The summed E-state index contributed by atoms with van der Waals surface area (Å²) in [4.78, 5) is 2.56. The summed E-state index contributed by atoms with van der Waals surface area (Å²) in [6, 6.07) is 11.3. The van der Waals surface area contributed by atoms with Gasteiger partial charge in [-0.25, -0.2) is 0 Å². The lowest BCUT2D eigenvalue weighted by Gasteiger charge is -2.24. The zero-order chi connectivity index (χ0) is 12.1. The summed E-state index contributed by atoms with van der Waals surface area (Å²) in [5.41, 5.74) is 5.95. The molecule has 1 aliphatic rings. The summed E-state index contributed by atoms with van der Waals surface area (Å²) in [6.45, 7) is 8.28. The molecule has 0 amide bonds. The number of rotatable bonds is 4. The number of nitrogens with zero attached hydrogens (tertiary/aromatic N) is 1. The predicted molar refractivity (Wildman–Crippen MR) is 72.8 cm³/mol. The van der Waals surface area contributed by atoms with Crippen LogP contribution >= 0.6 is 0 Å². The van der Waals surface area contributed by atoms with E-state index in [0.29, 0.717) is 6.04 Å². The Morgan fingerprint density at radius 1 is 1.35 bits per heavy atom. The molecule has 1 aromatic carbocycles. The van der Waals surface area contributed by atoms with Crippen molar-refractivity contribution in [2.45, 2.75) is 38.8 Å². The number of hydrogen-bond acceptors (Lipinski definition) is 1. The average Bonchev–Trinajstić information content (AvgIpc) is 2.74. The zero-order valence-electron chi connectivity index (χ0n) is 10.7. The van der Waals surface area contributed by atoms with Crippen LogP contribution in [-0.4, -0.2) is 17.5 Å². The first kappa shape index (κ1) is 12.2. The fourth-order valence-corrected chi connectivity index (χ4v) is 2.65. The number of hydrogen-bond donors (Lipinski definition) is 0. The molecule has 1 unspecified atom stereocenters. The molecule has 1 aliphatic heterocycles. The molecule has 0 aliphatic carbocycles. The third-order valence-electron chi connectivity index (χ3n) is 3.53. The molecule has 1 fully saturated rings. The molecule has 0 N–H and O–H groups in total. The molecule has 17 heavy (non-hydrogen) atoms. The van der Waals surface area contributed by atoms with E-state index in [1.54, 1.807) is 0 Å². The van der Waals surface area contributed by atoms with Crippen molar-refractivity contribution >= 4 is 0 Å². The number of benzene rings is 1. The Bertz CT molecular complexity index is 401. The van der Waals surface area contributed by atoms with Gasteiger partial charge in [-0.1, -0.05) is 50.3 Å². The minimum Gasteiger partial charge on any atom is -0.291 e. The molecule has 0 bridgehead atoms. The lowest BCUT2D eigenvalue weighted by Crippen LogP contribution is -2.29. The Kier molecular flexibility index (Phi) is 4.19. The van der Waals surface area contributed by atoms with Gasteiger partial charge in [0.15, 0.2) is 0 Å². The SMILES string of the molecule is C=C=C1CCN(Cc2ccccc2)C1CCC. The topological polar surface area (TPSA) is 3.24 Å². The Morgan fingerprint density at radius 3 is 2.76 bits per heavy atom. The van der Waals surface area contributed by atoms with Crippen molar-refractivity contribution in [3.63, 3.8) is 0 Å². The van der Waals surface area contributed by atoms with Crippen molar-refractivity contribution in [1.82, 2.24) is 4.90 Å². The second kappa shape index (κ2) is 5.86. The zero-order valence-corrected chi connectivity index (χ0v) is 10.7. The molecule has 1 saturated heterocycles. The van der Waals surface area contributed by atoms with Gasteiger partial charge in [0.05, 0.1) is 0 Å². The summed E-state index contributed by atoms with van der Waals surface area (Å²) in [5.74, 6) is 0. The third-order valence-corrected chi connectivity index (χ3v) is 3.53. The van der Waals surface area contributed by atoms with E-state index in [4.69, 9.17) is 0 Å². The van der Waals surface area contributed by atoms with Gasteiger partial charge in [0.25, 0.3) is 0 Å². The van der Waals surface area contributed by atoms with E-state index in [2.05, 4.69) is 54.5 Å². The lowest BCUT2D eigenvalue weighted by molar-refractivity contribution is 0.249. The van der Waals surface area contributed by atoms with Gasteiger partial charge in [0.1, 0.15) is 0 Å². The van der Waals surface area contributed by atoms with Gasteiger partial charge in [-0.15, -0.1) is 5.73 Å². The molecule has 0 spiro atoms. The Morgan fingerprint density at radius 2 is 2.12 bits per heavy atom. The summed E-state index contributed by atoms with van der Waals surface area (Å²) < 4.78 is 0. The van der Waals surface area contributed by atoms with Crippen molar-refractivity contribution in [1.29, 1.82) is 0 Å². The van der Waals surface area contributed by atoms with Gasteiger partial charge in [-0.2, -0.15) is 0 Å². The van der Waals surface area contributed by atoms with Crippen LogP contribution in [0.1, 0.15) is 31.7 Å². The van der Waals surface area contributed by atoms with Crippen LogP contribution in [0.5, 0.6) is 0 Å². The minimum atomic E-state index is 0.567. The number of likely N-dealkylation sites (tertiary alicyclic amines) is 1. The lowest BCUT2D eigenvalue weighted by atomic mass is 10.0. The quantitative estimate of drug-likeness (QED) is 0.708. The van der Waals surface area contributed by atoms with Crippen molar-refractivity contribution < 1.29 is 0 Å². The van der Waals surface area contributed by atoms with E-state index >= 15 is 0 Å². The Balaban J connectivity index is 2.08. The smallest absolute Gasteiger partial charge is 0.0386 e. The van der Waals surface area contributed by atoms with Crippen LogP contribution in [-0.2, 0) is 6.54 Å². The molecule has 2 rings (SSSR count). The maximum Gasteiger partial charge on any atom is 0.0386 e. The Labute approximate surface area is 104 Å². The van der Waals surface area contributed by atoms with Gasteiger partial charge in [-0.3, -0.25) is 4.90 Å². The largest absolute Gasteiger partial charge is 0.291 e. The van der Waals surface area contributed by atoms with Crippen molar-refractivity contribution in [2.24, 2.45) is 0 Å². The normalized spacial score (nSPS) is 20.5. The van der Waals surface area contributed by atoms with E-state index in [0.717, 1.165) is 19.5 Å². The molecular formula is C16H21N. The van der Waals surface area contributed by atoms with Crippen LogP contribution in [0.15, 0.2) is 48.2 Å². The van der Waals surface area contributed by atoms with E-state index in [-0.39, 0.29) is 0 Å². The molecular weight excluding hydrogens is 206 g/mol. The van der Waals surface area contributed by atoms with Crippen LogP contribution < -0.4 is 0 Å². The second-order valence-corrected chi connectivity index (χ2v) is 4.71. The second-order valence-electron chi connectivity index (χ2n) is 4.71. The monoisotopic (exact) mass is 227 g/mol. The van der Waals surface area contributed by atoms with Gasteiger partial charge in [-0.05, 0) is 24.0 Å². The van der Waals surface area contributed by atoms with E-state index < -0.39 is 0 Å². The summed E-state index contributed by atoms with van der Waals surface area (Å²) >= 11 is 0. The van der Waals surface area contributed by atoms with E-state index in [1.165, 1.54) is 24.0 Å². The van der Waals surface area contributed by atoms with Crippen molar-refractivity contribution in [2.75, 3.05) is 6.54 Å². The highest BCUT2D eigenvalue weighted by molar-refractivity contribution is 5.19. The molecule has 1 atom stereocenters. The van der Waals surface area contributed by atoms with Crippen LogP contribution in [0.3, 0.4) is 0 Å². The first-order valence-electron chi connectivity index (χ1n) is 6.52. The summed E-state index contributed by atoms with van der Waals surface area (Å²) in [6.07, 6.45) is 3.59. The molecule has 1 aromatic rings. The van der Waals surface area contributed by atoms with Crippen LogP contribution in [0.2, 0.25) is 0 Å². The average molecular weight is 227 g/mol. The van der Waals surface area contributed by atoms with Crippen molar-refractivity contribution in [3.8, 4) is 0 Å². The minimum absolute atomic E-state index is 0.567. The molecule has 1 heterocycles. The highest BCUT2D eigenvalue weighted by Gasteiger charge is 2.27. The third kappa shape index (κ3) is 2.88. The molecule has 1 heteroatoms. The predicted octanol–water partition coefficient (Wildman–Crippen LogP) is 3.77. The molecule has 0 aromatic heterocycles. The molecule has 0 saturated carbocycles. The molecule has 1 nitrogen and oxygen atoms in total. The fraction of sp³-hybridized carbons (Fsp3) is 0.438. The van der Waals surface area contributed by atoms with Gasteiger partial charge in [0.2, 0.25) is 0 Å². The fourth-order valence-electron chi connectivity index (χ4n) is 2.65.